The Bertz CT molecular complexity index is 1040. The first-order valence-corrected chi connectivity index (χ1v) is 8.70. The van der Waals surface area contributed by atoms with Gasteiger partial charge < -0.3 is 0 Å². The van der Waals surface area contributed by atoms with Crippen LogP contribution in [0, 0.1) is 11.3 Å². The molecule has 0 saturated heterocycles. The molecule has 2 heterocycles. The van der Waals surface area contributed by atoms with E-state index in [1.54, 1.807) is 30.3 Å². The van der Waals surface area contributed by atoms with Crippen LogP contribution in [0.25, 0.3) is 11.0 Å². The summed E-state index contributed by atoms with van der Waals surface area (Å²) >= 11 is 11.7. The summed E-state index contributed by atoms with van der Waals surface area (Å²) in [5.74, 6) is -0.248. The van der Waals surface area contributed by atoms with E-state index in [9.17, 15) is 13.7 Å². The van der Waals surface area contributed by atoms with E-state index in [1.807, 2.05) is 6.07 Å². The predicted octanol–water partition coefficient (Wildman–Crippen LogP) is 2.99. The van der Waals surface area contributed by atoms with Crippen LogP contribution in [0.15, 0.2) is 36.5 Å². The van der Waals surface area contributed by atoms with Gasteiger partial charge in [-0.1, -0.05) is 41.9 Å². The molecule has 0 aliphatic heterocycles. The Morgan fingerprint density at radius 3 is 2.52 bits per heavy atom. The van der Waals surface area contributed by atoms with Gasteiger partial charge in [-0.05, 0) is 17.2 Å². The van der Waals surface area contributed by atoms with Gasteiger partial charge in [0.05, 0.1) is 16.7 Å². The van der Waals surface area contributed by atoms with Crippen LogP contribution in [0.2, 0.25) is 10.4 Å². The molecule has 0 fully saturated rings. The maximum absolute atomic E-state index is 12.7. The zero-order valence-electron chi connectivity index (χ0n) is 11.4. The number of hydrogen-bond donors (Lipinski definition) is 0. The van der Waals surface area contributed by atoms with Gasteiger partial charge >= 0.3 is 0 Å². The number of fused-ring (bicyclic) bond motifs is 1. The van der Waals surface area contributed by atoms with Gasteiger partial charge in [-0.3, -0.25) is 0 Å². The van der Waals surface area contributed by atoms with E-state index in [1.165, 1.54) is 6.20 Å². The molecule has 2 aromatic heterocycles. The summed E-state index contributed by atoms with van der Waals surface area (Å²) in [6.07, 6.45) is 1.18. The Balaban J connectivity index is 2.22. The fraction of sp³-hybridized carbons (Fsp3) is 0.0714. The van der Waals surface area contributed by atoms with Crippen molar-refractivity contribution in [2.24, 2.45) is 0 Å². The molecule has 116 valence electrons. The number of benzene rings is 1. The molecule has 0 amide bonds. The smallest absolute Gasteiger partial charge is 0.226 e. The average molecular weight is 367 g/mol. The molecule has 23 heavy (non-hydrogen) atoms. The Kier molecular flexibility index (Phi) is 3.98. The number of nitrogens with zero attached hydrogens (tertiary/aromatic N) is 4. The lowest BCUT2D eigenvalue weighted by atomic mass is 10.2. The second-order valence-electron chi connectivity index (χ2n) is 4.67. The van der Waals surface area contributed by atoms with Crippen molar-refractivity contribution in [2.75, 3.05) is 0 Å². The van der Waals surface area contributed by atoms with Crippen LogP contribution < -0.4 is 0 Å². The number of hydrogen-bond acceptors (Lipinski definition) is 5. The Morgan fingerprint density at radius 1 is 1.17 bits per heavy atom. The minimum Gasteiger partial charge on any atom is -0.226 e. The molecule has 9 heteroatoms. The summed E-state index contributed by atoms with van der Waals surface area (Å²) in [5.41, 5.74) is 0.667. The highest BCUT2D eigenvalue weighted by atomic mass is 35.5. The highest BCUT2D eigenvalue weighted by Crippen LogP contribution is 2.28. The summed E-state index contributed by atoms with van der Waals surface area (Å²) in [5, 5.41) is 9.10. The van der Waals surface area contributed by atoms with Crippen molar-refractivity contribution in [1.82, 2.24) is 13.9 Å². The summed E-state index contributed by atoms with van der Waals surface area (Å²) in [7, 11) is -3.80. The first kappa shape index (κ1) is 15.7. The minimum absolute atomic E-state index is 0.0116. The highest BCUT2D eigenvalue weighted by Gasteiger charge is 2.23. The van der Waals surface area contributed by atoms with E-state index in [0.717, 1.165) is 3.97 Å². The molecule has 0 unspecified atom stereocenters. The molecule has 0 aliphatic carbocycles. The molecule has 0 bridgehead atoms. The van der Waals surface area contributed by atoms with E-state index in [-0.39, 0.29) is 32.8 Å². The zero-order valence-corrected chi connectivity index (χ0v) is 13.8. The third-order valence-electron chi connectivity index (χ3n) is 3.15. The largest absolute Gasteiger partial charge is 0.244 e. The second kappa shape index (κ2) is 5.81. The van der Waals surface area contributed by atoms with E-state index in [2.05, 4.69) is 9.97 Å². The van der Waals surface area contributed by atoms with Crippen LogP contribution in [0.4, 0.5) is 0 Å². The first-order chi connectivity index (χ1) is 10.9. The van der Waals surface area contributed by atoms with Crippen LogP contribution in [-0.4, -0.2) is 22.4 Å². The monoisotopic (exact) mass is 366 g/mol. The molecule has 0 spiro atoms. The van der Waals surface area contributed by atoms with Crippen molar-refractivity contribution >= 4 is 44.3 Å². The highest BCUT2D eigenvalue weighted by molar-refractivity contribution is 7.89. The second-order valence-corrected chi connectivity index (χ2v) is 7.22. The zero-order chi connectivity index (χ0) is 16.6. The van der Waals surface area contributed by atoms with Crippen LogP contribution in [0.3, 0.4) is 0 Å². The van der Waals surface area contributed by atoms with Gasteiger partial charge in [0, 0.05) is 6.20 Å². The van der Waals surface area contributed by atoms with Crippen LogP contribution >= 0.6 is 23.2 Å². The number of halogens is 2. The van der Waals surface area contributed by atoms with E-state index < -0.39 is 10.0 Å². The fourth-order valence-corrected chi connectivity index (χ4v) is 4.07. The number of rotatable bonds is 3. The Hall–Kier alpha value is -2.14. The van der Waals surface area contributed by atoms with Crippen molar-refractivity contribution in [1.29, 1.82) is 5.26 Å². The predicted molar refractivity (Wildman–Crippen MR) is 86.7 cm³/mol. The van der Waals surface area contributed by atoms with E-state index >= 15 is 0 Å². The lowest BCUT2D eigenvalue weighted by Crippen LogP contribution is -2.14. The molecule has 3 aromatic rings. The van der Waals surface area contributed by atoms with Gasteiger partial charge in [0.15, 0.2) is 5.65 Å². The molecule has 0 aliphatic rings. The lowest BCUT2D eigenvalue weighted by Gasteiger charge is -2.07. The molecule has 3 rings (SSSR count). The topological polar surface area (TPSA) is 88.6 Å². The van der Waals surface area contributed by atoms with Crippen molar-refractivity contribution in [3.63, 3.8) is 0 Å². The third-order valence-corrected chi connectivity index (χ3v) is 5.17. The molecule has 0 atom stereocenters. The summed E-state index contributed by atoms with van der Waals surface area (Å²) in [6, 6.07) is 10.6. The molecule has 0 radical (unpaired) electrons. The van der Waals surface area contributed by atoms with Gasteiger partial charge in [-0.2, -0.15) is 10.2 Å². The lowest BCUT2D eigenvalue weighted by molar-refractivity contribution is 0.588. The first-order valence-electron chi connectivity index (χ1n) is 6.34. The van der Waals surface area contributed by atoms with Crippen molar-refractivity contribution in [2.45, 2.75) is 5.75 Å². The normalized spacial score (nSPS) is 11.5. The van der Waals surface area contributed by atoms with Gasteiger partial charge in [0.25, 0.3) is 0 Å². The SMILES string of the molecule is N#Cc1cn(S(=O)(=O)Cc2ccccc2)c2nc(Cl)nc(Cl)c12. The third kappa shape index (κ3) is 2.88. The maximum Gasteiger partial charge on any atom is 0.244 e. The standard InChI is InChI=1S/C14H8Cl2N4O2S/c15-12-11-10(6-17)7-20(13(11)19-14(16)18-12)23(21,22)8-9-4-2-1-3-5-9/h1-5,7H,8H2. The Labute approximate surface area is 142 Å². The average Bonchev–Trinajstić information content (AvgIpc) is 2.87. The molecular weight excluding hydrogens is 359 g/mol. The van der Waals surface area contributed by atoms with Crippen LogP contribution in [-0.2, 0) is 15.8 Å². The molecule has 6 nitrogen and oxygen atoms in total. The summed E-state index contributed by atoms with van der Waals surface area (Å²) < 4.78 is 26.3. The van der Waals surface area contributed by atoms with E-state index in [0.29, 0.717) is 5.56 Å². The molecular formula is C14H8Cl2N4O2S. The quantitative estimate of drug-likeness (QED) is 0.525. The van der Waals surface area contributed by atoms with Crippen LogP contribution in [0.5, 0.6) is 0 Å². The van der Waals surface area contributed by atoms with Crippen molar-refractivity contribution in [3.05, 3.63) is 58.1 Å². The van der Waals surface area contributed by atoms with Crippen molar-refractivity contribution < 1.29 is 8.42 Å². The molecule has 0 N–H and O–H groups in total. The summed E-state index contributed by atoms with van der Waals surface area (Å²) in [6.45, 7) is 0. The fourth-order valence-electron chi connectivity index (χ4n) is 2.18. The molecule has 1 aromatic carbocycles. The summed E-state index contributed by atoms with van der Waals surface area (Å²) in [4.78, 5) is 7.67. The Morgan fingerprint density at radius 2 is 1.87 bits per heavy atom. The van der Waals surface area contributed by atoms with Gasteiger partial charge in [-0.15, -0.1) is 0 Å². The van der Waals surface area contributed by atoms with Gasteiger partial charge in [0.1, 0.15) is 11.2 Å². The van der Waals surface area contributed by atoms with Crippen molar-refractivity contribution in [3.8, 4) is 6.07 Å². The maximum atomic E-state index is 12.7. The minimum atomic E-state index is -3.80. The number of aromatic nitrogens is 3. The van der Waals surface area contributed by atoms with Gasteiger partial charge in [0.2, 0.25) is 15.3 Å². The number of nitriles is 1. The van der Waals surface area contributed by atoms with Crippen LogP contribution in [0.1, 0.15) is 11.1 Å². The van der Waals surface area contributed by atoms with E-state index in [4.69, 9.17) is 23.2 Å². The molecule has 0 saturated carbocycles. The van der Waals surface area contributed by atoms with Gasteiger partial charge in [-0.25, -0.2) is 17.4 Å².